The summed E-state index contributed by atoms with van der Waals surface area (Å²) in [5.41, 5.74) is 0.668. The number of hydrogen-bond acceptors (Lipinski definition) is 4. The van der Waals surface area contributed by atoms with Crippen molar-refractivity contribution >= 4 is 43.5 Å². The number of rotatable bonds is 4. The number of nitrogens with one attached hydrogen (secondary N) is 1. The summed E-state index contributed by atoms with van der Waals surface area (Å²) in [5.74, 6) is -0.638. The highest BCUT2D eigenvalue weighted by Crippen LogP contribution is 2.26. The van der Waals surface area contributed by atoms with Crippen LogP contribution in [0.4, 0.5) is 5.69 Å². The number of anilines is 1. The third-order valence-corrected chi connectivity index (χ3v) is 3.07. The Labute approximate surface area is 122 Å². The monoisotopic (exact) mass is 372 g/mol. The molecule has 0 aliphatic carbocycles. The Kier molecular flexibility index (Phi) is 5.89. The highest BCUT2D eigenvalue weighted by Gasteiger charge is 2.09. The molecule has 0 atom stereocenters. The van der Waals surface area contributed by atoms with Crippen molar-refractivity contribution in [2.75, 3.05) is 11.9 Å². The number of esters is 1. The topological polar surface area (TPSA) is 62.1 Å². The van der Waals surface area contributed by atoms with Crippen LogP contribution in [0.5, 0.6) is 0 Å². The first-order valence-corrected chi connectivity index (χ1v) is 6.66. The standard InChI is InChI=1S/C12H10Br2N2O2/c1-2-18-12(17)8(6-15)7-16-11-4-3-9(13)5-10(11)14/h3-5,7,16H,2H2,1H3/b8-7+. The largest absolute Gasteiger partial charge is 0.462 e. The van der Waals surface area contributed by atoms with E-state index >= 15 is 0 Å². The molecule has 0 saturated heterocycles. The van der Waals surface area contributed by atoms with Gasteiger partial charge in [-0.1, -0.05) is 15.9 Å². The molecule has 1 aromatic carbocycles. The van der Waals surface area contributed by atoms with Crippen molar-refractivity contribution in [2.24, 2.45) is 0 Å². The van der Waals surface area contributed by atoms with Gasteiger partial charge >= 0.3 is 5.97 Å². The molecule has 0 fully saturated rings. The van der Waals surface area contributed by atoms with E-state index in [9.17, 15) is 4.79 Å². The van der Waals surface area contributed by atoms with Gasteiger partial charge < -0.3 is 10.1 Å². The van der Waals surface area contributed by atoms with E-state index in [-0.39, 0.29) is 12.2 Å². The molecule has 4 nitrogen and oxygen atoms in total. The maximum Gasteiger partial charge on any atom is 0.350 e. The third kappa shape index (κ3) is 4.17. The van der Waals surface area contributed by atoms with E-state index in [1.165, 1.54) is 6.20 Å². The van der Waals surface area contributed by atoms with Crippen LogP contribution < -0.4 is 5.32 Å². The molecule has 0 aliphatic rings. The Morgan fingerprint density at radius 2 is 2.28 bits per heavy atom. The van der Waals surface area contributed by atoms with E-state index in [1.54, 1.807) is 13.0 Å². The van der Waals surface area contributed by atoms with Gasteiger partial charge in [0, 0.05) is 15.1 Å². The van der Waals surface area contributed by atoms with Gasteiger partial charge in [0.25, 0.3) is 0 Å². The molecule has 1 N–H and O–H groups in total. The van der Waals surface area contributed by atoms with Crippen LogP contribution >= 0.6 is 31.9 Å². The summed E-state index contributed by atoms with van der Waals surface area (Å²) in [7, 11) is 0. The van der Waals surface area contributed by atoms with Gasteiger partial charge in [0.1, 0.15) is 6.07 Å². The van der Waals surface area contributed by atoms with Gasteiger partial charge in [0.15, 0.2) is 5.57 Å². The van der Waals surface area contributed by atoms with E-state index in [2.05, 4.69) is 37.2 Å². The van der Waals surface area contributed by atoms with E-state index < -0.39 is 5.97 Å². The second kappa shape index (κ2) is 7.19. The fraction of sp³-hybridized carbons (Fsp3) is 0.167. The Balaban J connectivity index is 2.84. The van der Waals surface area contributed by atoms with Crippen LogP contribution in [0, 0.1) is 11.3 Å². The molecule has 18 heavy (non-hydrogen) atoms. The van der Waals surface area contributed by atoms with Gasteiger partial charge in [-0.05, 0) is 41.1 Å². The smallest absolute Gasteiger partial charge is 0.350 e. The van der Waals surface area contributed by atoms with Gasteiger partial charge in [0.2, 0.25) is 0 Å². The Hall–Kier alpha value is -1.32. The number of benzene rings is 1. The van der Waals surface area contributed by atoms with Crippen molar-refractivity contribution in [3.05, 3.63) is 38.9 Å². The van der Waals surface area contributed by atoms with Gasteiger partial charge in [-0.25, -0.2) is 4.79 Å². The van der Waals surface area contributed by atoms with Gasteiger partial charge in [-0.2, -0.15) is 5.26 Å². The van der Waals surface area contributed by atoms with Crippen molar-refractivity contribution in [3.63, 3.8) is 0 Å². The molecule has 0 aliphatic heterocycles. The summed E-state index contributed by atoms with van der Waals surface area (Å²) in [5, 5.41) is 11.7. The highest BCUT2D eigenvalue weighted by molar-refractivity contribution is 9.11. The summed E-state index contributed by atoms with van der Waals surface area (Å²) in [6.45, 7) is 1.92. The minimum Gasteiger partial charge on any atom is -0.462 e. The second-order valence-electron chi connectivity index (χ2n) is 3.16. The first-order chi connectivity index (χ1) is 8.58. The molecule has 0 saturated carbocycles. The Morgan fingerprint density at radius 3 is 2.83 bits per heavy atom. The normalized spacial score (nSPS) is 10.7. The molecule has 0 unspecified atom stereocenters. The number of halogens is 2. The highest BCUT2D eigenvalue weighted by atomic mass is 79.9. The lowest BCUT2D eigenvalue weighted by molar-refractivity contribution is -0.138. The first-order valence-electron chi connectivity index (χ1n) is 5.07. The average molecular weight is 374 g/mol. The number of hydrogen-bond donors (Lipinski definition) is 1. The predicted octanol–water partition coefficient (Wildman–Crippen LogP) is 3.59. The molecule has 1 aromatic rings. The molecule has 94 valence electrons. The van der Waals surface area contributed by atoms with Crippen molar-refractivity contribution in [1.29, 1.82) is 5.26 Å². The zero-order valence-corrected chi connectivity index (χ0v) is 12.7. The number of nitriles is 1. The fourth-order valence-electron chi connectivity index (χ4n) is 1.10. The van der Waals surface area contributed by atoms with Gasteiger partial charge in [-0.15, -0.1) is 0 Å². The minimum absolute atomic E-state index is 0.0772. The quantitative estimate of drug-likeness (QED) is 0.497. The zero-order chi connectivity index (χ0) is 13.5. The van der Waals surface area contributed by atoms with Crippen LogP contribution in [0.25, 0.3) is 0 Å². The van der Waals surface area contributed by atoms with Crippen molar-refractivity contribution in [1.82, 2.24) is 0 Å². The zero-order valence-electron chi connectivity index (χ0n) is 9.54. The molecule has 0 radical (unpaired) electrons. The predicted molar refractivity (Wildman–Crippen MR) is 75.8 cm³/mol. The van der Waals surface area contributed by atoms with Crippen molar-refractivity contribution in [3.8, 4) is 6.07 Å². The van der Waals surface area contributed by atoms with Crippen LogP contribution in [0.15, 0.2) is 38.9 Å². The fourth-order valence-corrected chi connectivity index (χ4v) is 2.26. The molecule has 0 aromatic heterocycles. The van der Waals surface area contributed by atoms with Crippen LogP contribution in [-0.4, -0.2) is 12.6 Å². The lowest BCUT2D eigenvalue weighted by Gasteiger charge is -2.05. The average Bonchev–Trinajstić information content (AvgIpc) is 2.32. The van der Waals surface area contributed by atoms with E-state index in [0.717, 1.165) is 14.6 Å². The van der Waals surface area contributed by atoms with Crippen LogP contribution in [0.2, 0.25) is 0 Å². The number of carbonyl (C=O) groups excluding carboxylic acids is 1. The minimum atomic E-state index is -0.638. The second-order valence-corrected chi connectivity index (χ2v) is 4.93. The van der Waals surface area contributed by atoms with E-state index in [1.807, 2.05) is 18.2 Å². The van der Waals surface area contributed by atoms with Crippen LogP contribution in [0.1, 0.15) is 6.92 Å². The van der Waals surface area contributed by atoms with Gasteiger partial charge in [-0.3, -0.25) is 0 Å². The Bertz CT molecular complexity index is 521. The molecule has 1 rings (SSSR count). The number of carbonyl (C=O) groups is 1. The van der Waals surface area contributed by atoms with E-state index in [4.69, 9.17) is 10.00 Å². The molecular formula is C12H10Br2N2O2. The maximum atomic E-state index is 11.4. The van der Waals surface area contributed by atoms with Crippen molar-refractivity contribution in [2.45, 2.75) is 6.92 Å². The van der Waals surface area contributed by atoms with Crippen LogP contribution in [0.3, 0.4) is 0 Å². The molecule has 0 bridgehead atoms. The number of nitrogens with zero attached hydrogens (tertiary/aromatic N) is 1. The summed E-state index contributed by atoms with van der Waals surface area (Å²) in [6, 6.07) is 7.30. The molecular weight excluding hydrogens is 364 g/mol. The van der Waals surface area contributed by atoms with Crippen LogP contribution in [-0.2, 0) is 9.53 Å². The Morgan fingerprint density at radius 1 is 1.56 bits per heavy atom. The lowest BCUT2D eigenvalue weighted by atomic mass is 10.3. The summed E-state index contributed by atoms with van der Waals surface area (Å²) in [6.07, 6.45) is 1.33. The SMILES string of the molecule is CCOC(=O)/C(C#N)=C/Nc1ccc(Br)cc1Br. The molecule has 0 spiro atoms. The summed E-state index contributed by atoms with van der Waals surface area (Å²) < 4.78 is 6.48. The van der Waals surface area contributed by atoms with E-state index in [0.29, 0.717) is 0 Å². The van der Waals surface area contributed by atoms with Crippen molar-refractivity contribution < 1.29 is 9.53 Å². The molecule has 0 heterocycles. The molecule has 0 amide bonds. The third-order valence-electron chi connectivity index (χ3n) is 1.92. The first kappa shape index (κ1) is 14.7. The lowest BCUT2D eigenvalue weighted by Crippen LogP contribution is -2.08. The summed E-state index contributed by atoms with van der Waals surface area (Å²) >= 11 is 6.70. The summed E-state index contributed by atoms with van der Waals surface area (Å²) in [4.78, 5) is 11.4. The van der Waals surface area contributed by atoms with Gasteiger partial charge in [0.05, 0.1) is 12.3 Å². The maximum absolute atomic E-state index is 11.4. The number of ether oxygens (including phenoxy) is 1. The molecule has 6 heteroatoms.